The van der Waals surface area contributed by atoms with Crippen molar-refractivity contribution in [2.24, 2.45) is 5.92 Å². The summed E-state index contributed by atoms with van der Waals surface area (Å²) in [6.07, 6.45) is 0. The molecular formula is C31H24O3Se. The minimum absolute atomic E-state index is 0.109. The van der Waals surface area contributed by atoms with Crippen LogP contribution < -0.4 is 9.20 Å². The molecule has 0 aliphatic heterocycles. The van der Waals surface area contributed by atoms with E-state index in [1.165, 1.54) is 0 Å². The third-order valence-corrected chi connectivity index (χ3v) is 7.14. The van der Waals surface area contributed by atoms with Crippen molar-refractivity contribution in [3.05, 3.63) is 132 Å². The van der Waals surface area contributed by atoms with Gasteiger partial charge in [0.15, 0.2) is 0 Å². The van der Waals surface area contributed by atoms with Gasteiger partial charge in [-0.25, -0.2) is 0 Å². The summed E-state index contributed by atoms with van der Waals surface area (Å²) in [6.45, 7) is 0. The molecule has 1 unspecified atom stereocenters. The van der Waals surface area contributed by atoms with Crippen LogP contribution in [0.5, 0.6) is 5.75 Å². The van der Waals surface area contributed by atoms with Gasteiger partial charge in [0, 0.05) is 0 Å². The number of carbonyl (C=O) groups excluding carboxylic acids is 2. The van der Waals surface area contributed by atoms with Crippen LogP contribution in [0.2, 0.25) is 0 Å². The zero-order valence-corrected chi connectivity index (χ0v) is 21.0. The van der Waals surface area contributed by atoms with Gasteiger partial charge in [0.05, 0.1) is 0 Å². The van der Waals surface area contributed by atoms with E-state index in [9.17, 15) is 9.59 Å². The molecule has 4 aromatic rings. The van der Waals surface area contributed by atoms with Gasteiger partial charge in [-0.2, -0.15) is 0 Å². The molecule has 3 nitrogen and oxygen atoms in total. The molecule has 0 aliphatic carbocycles. The molecule has 0 N–H and O–H groups in total. The second kappa shape index (κ2) is 12.0. The van der Waals surface area contributed by atoms with Crippen molar-refractivity contribution in [1.29, 1.82) is 0 Å². The summed E-state index contributed by atoms with van der Waals surface area (Å²) < 4.78 is 6.46. The van der Waals surface area contributed by atoms with E-state index in [2.05, 4.69) is 10.7 Å². The zero-order chi connectivity index (χ0) is 24.5. The summed E-state index contributed by atoms with van der Waals surface area (Å²) in [5.41, 5.74) is 1.80. The van der Waals surface area contributed by atoms with E-state index in [0.29, 0.717) is 16.9 Å². The number of hydrogen-bond donors (Lipinski definition) is 0. The first-order valence-corrected chi connectivity index (χ1v) is 12.9. The summed E-state index contributed by atoms with van der Waals surface area (Å²) in [6, 6.07) is 35.4. The molecule has 0 amide bonds. The Hall–Kier alpha value is -3.90. The van der Waals surface area contributed by atoms with Crippen LogP contribution in [0.3, 0.4) is 0 Å². The van der Waals surface area contributed by atoms with Gasteiger partial charge in [-0.1, -0.05) is 0 Å². The molecule has 1 atom stereocenters. The van der Waals surface area contributed by atoms with Gasteiger partial charge in [-0.05, 0) is 0 Å². The van der Waals surface area contributed by atoms with Crippen LogP contribution in [-0.2, 0) is 0 Å². The molecule has 0 heterocycles. The van der Waals surface area contributed by atoms with E-state index in [1.54, 1.807) is 31.4 Å². The molecule has 0 aromatic heterocycles. The van der Waals surface area contributed by atoms with E-state index in [-0.39, 0.29) is 26.5 Å². The Morgan fingerprint density at radius 3 is 1.66 bits per heavy atom. The molecule has 172 valence electrons. The molecule has 0 fully saturated rings. The number of benzene rings is 4. The molecule has 0 aliphatic rings. The molecule has 0 saturated heterocycles. The second-order valence-corrected chi connectivity index (χ2v) is 9.70. The van der Waals surface area contributed by atoms with Gasteiger partial charge in [0.25, 0.3) is 0 Å². The Morgan fingerprint density at radius 2 is 1.17 bits per heavy atom. The standard InChI is InChI=1S/C31H24O3Se/c1-34-26-19-17-23(18-20-26)28(21-22-35-27-15-9-4-10-16-27)29(30(32)24-11-5-2-6-12-24)31(33)25-13-7-3-8-14-25/h2-20,28-29H,1H3. The Morgan fingerprint density at radius 1 is 0.686 bits per heavy atom. The molecule has 35 heavy (non-hydrogen) atoms. The van der Waals surface area contributed by atoms with Crippen LogP contribution in [0, 0.1) is 16.7 Å². The maximum atomic E-state index is 13.8. The number of carbonyl (C=O) groups is 2. The van der Waals surface area contributed by atoms with Gasteiger partial charge < -0.3 is 0 Å². The monoisotopic (exact) mass is 524 g/mol. The third kappa shape index (κ3) is 6.16. The fourth-order valence-corrected chi connectivity index (χ4v) is 5.05. The van der Waals surface area contributed by atoms with Crippen LogP contribution in [0.15, 0.2) is 115 Å². The Kier molecular flexibility index (Phi) is 8.30. The molecule has 0 spiro atoms. The molecule has 0 radical (unpaired) electrons. The quantitative estimate of drug-likeness (QED) is 0.139. The summed E-state index contributed by atoms with van der Waals surface area (Å²) >= 11 is -0.109. The van der Waals surface area contributed by atoms with Crippen LogP contribution >= 0.6 is 0 Å². The van der Waals surface area contributed by atoms with E-state index in [1.807, 2.05) is 91.0 Å². The van der Waals surface area contributed by atoms with Gasteiger partial charge >= 0.3 is 213 Å². The van der Waals surface area contributed by atoms with Crippen molar-refractivity contribution in [3.8, 4) is 16.5 Å². The number of rotatable bonds is 8. The number of methoxy groups -OCH3 is 1. The Balaban J connectivity index is 1.80. The fourth-order valence-electron chi connectivity index (χ4n) is 3.80. The van der Waals surface area contributed by atoms with E-state index < -0.39 is 11.8 Å². The molecule has 4 rings (SSSR count). The van der Waals surface area contributed by atoms with Crippen molar-refractivity contribution in [2.75, 3.05) is 7.11 Å². The fraction of sp³-hybridized carbons (Fsp3) is 0.0968. The predicted octanol–water partition coefficient (Wildman–Crippen LogP) is 5.15. The van der Waals surface area contributed by atoms with Gasteiger partial charge in [0.2, 0.25) is 0 Å². The van der Waals surface area contributed by atoms with Crippen molar-refractivity contribution in [1.82, 2.24) is 0 Å². The first-order valence-electron chi connectivity index (χ1n) is 11.2. The number of ether oxygens (including phenoxy) is 1. The average molecular weight is 523 g/mol. The maximum absolute atomic E-state index is 13.8. The average Bonchev–Trinajstić information content (AvgIpc) is 2.93. The summed E-state index contributed by atoms with van der Waals surface area (Å²) in [5, 5.41) is 0. The number of Topliss-reactive ketones (excluding diaryl/α,β-unsaturated/α-hetero) is 2. The third-order valence-electron chi connectivity index (χ3n) is 5.62. The van der Waals surface area contributed by atoms with Crippen molar-refractivity contribution in [2.45, 2.75) is 5.92 Å². The second-order valence-electron chi connectivity index (χ2n) is 7.85. The van der Waals surface area contributed by atoms with Crippen molar-refractivity contribution in [3.63, 3.8) is 0 Å². The van der Waals surface area contributed by atoms with Gasteiger partial charge in [0.1, 0.15) is 0 Å². The van der Waals surface area contributed by atoms with Gasteiger partial charge in [-0.15, -0.1) is 0 Å². The SMILES string of the molecule is COc1ccc(C(C#C[Se]c2ccccc2)C(C(=O)c2ccccc2)C(=O)c2ccccc2)cc1. The van der Waals surface area contributed by atoms with Crippen molar-refractivity contribution < 1.29 is 14.3 Å². The van der Waals surface area contributed by atoms with Crippen LogP contribution in [0.1, 0.15) is 32.2 Å². The van der Waals surface area contributed by atoms with Gasteiger partial charge in [-0.3, -0.25) is 0 Å². The van der Waals surface area contributed by atoms with E-state index in [4.69, 9.17) is 4.74 Å². The molecular weight excluding hydrogens is 499 g/mol. The summed E-state index contributed by atoms with van der Waals surface area (Å²) in [4.78, 5) is 30.9. The van der Waals surface area contributed by atoms with E-state index >= 15 is 0 Å². The molecule has 4 heteroatoms. The predicted molar refractivity (Wildman–Crippen MR) is 140 cm³/mol. The molecule has 4 aromatic carbocycles. The first kappa shape index (κ1) is 24.2. The summed E-state index contributed by atoms with van der Waals surface area (Å²) in [7, 11) is 1.61. The Bertz CT molecular complexity index is 1270. The topological polar surface area (TPSA) is 43.4 Å². The zero-order valence-electron chi connectivity index (χ0n) is 19.3. The van der Waals surface area contributed by atoms with E-state index in [0.717, 1.165) is 10.0 Å². The number of ketones is 2. The minimum atomic E-state index is -0.979. The first-order chi connectivity index (χ1) is 17.2. The summed E-state index contributed by atoms with van der Waals surface area (Å²) in [5.74, 6) is 1.97. The Labute approximate surface area is 212 Å². The van der Waals surface area contributed by atoms with Crippen molar-refractivity contribution >= 4 is 31.0 Å². The van der Waals surface area contributed by atoms with Crippen LogP contribution in [0.4, 0.5) is 0 Å². The molecule has 0 bridgehead atoms. The van der Waals surface area contributed by atoms with Crippen LogP contribution in [0.25, 0.3) is 0 Å². The normalized spacial score (nSPS) is 11.3. The number of hydrogen-bond acceptors (Lipinski definition) is 3. The van der Waals surface area contributed by atoms with Crippen LogP contribution in [-0.4, -0.2) is 33.6 Å². The molecule has 0 saturated carbocycles.